The van der Waals surface area contributed by atoms with Crippen LogP contribution < -0.4 is 5.56 Å². The van der Waals surface area contributed by atoms with Gasteiger partial charge in [-0.05, 0) is 18.2 Å². The van der Waals surface area contributed by atoms with Crippen molar-refractivity contribution in [1.29, 1.82) is 5.26 Å². The van der Waals surface area contributed by atoms with E-state index in [-0.39, 0.29) is 5.56 Å². The van der Waals surface area contributed by atoms with Crippen LogP contribution in [0.1, 0.15) is 30.9 Å². The van der Waals surface area contributed by atoms with Gasteiger partial charge in [-0.1, -0.05) is 49.4 Å². The molecule has 0 aliphatic rings. The molecule has 0 saturated heterocycles. The number of rotatable bonds is 7. The number of benzene rings is 1. The summed E-state index contributed by atoms with van der Waals surface area (Å²) in [4.78, 5) is 19.1. The molecule has 0 fully saturated rings. The van der Waals surface area contributed by atoms with E-state index in [9.17, 15) is 10.1 Å². The molecule has 0 radical (unpaired) electrons. The molecule has 5 nitrogen and oxygen atoms in total. The number of nitrogens with one attached hydrogen (secondary N) is 1. The van der Waals surface area contributed by atoms with Crippen LogP contribution in [-0.2, 0) is 11.3 Å². The quantitative estimate of drug-likeness (QED) is 0.479. The van der Waals surface area contributed by atoms with Crippen LogP contribution in [0.2, 0.25) is 0 Å². The zero-order valence-corrected chi connectivity index (χ0v) is 14.1. The van der Waals surface area contributed by atoms with Crippen LogP contribution in [0.15, 0.2) is 34.2 Å². The SMILES string of the molecule is CCCCOCc1ccccc1-c1nc(SC)[nH]c(=O)c1C#N. The van der Waals surface area contributed by atoms with Crippen molar-refractivity contribution in [3.8, 4) is 17.3 Å². The molecule has 0 spiro atoms. The highest BCUT2D eigenvalue weighted by Crippen LogP contribution is 2.25. The molecule has 23 heavy (non-hydrogen) atoms. The van der Waals surface area contributed by atoms with Crippen LogP contribution in [0, 0.1) is 11.3 Å². The van der Waals surface area contributed by atoms with Crippen LogP contribution in [0.5, 0.6) is 0 Å². The van der Waals surface area contributed by atoms with E-state index < -0.39 is 5.56 Å². The topological polar surface area (TPSA) is 78.8 Å². The van der Waals surface area contributed by atoms with E-state index in [0.717, 1.165) is 24.0 Å². The minimum absolute atomic E-state index is 0.0313. The van der Waals surface area contributed by atoms with Gasteiger partial charge >= 0.3 is 0 Å². The maximum absolute atomic E-state index is 12.1. The lowest BCUT2D eigenvalue weighted by molar-refractivity contribution is 0.118. The van der Waals surface area contributed by atoms with E-state index in [4.69, 9.17) is 4.74 Å². The standard InChI is InChI=1S/C17H19N3O2S/c1-3-4-9-22-11-12-7-5-6-8-13(12)15-14(10-18)16(21)20-17(19-15)23-2/h5-8H,3-4,9,11H2,1-2H3,(H,19,20,21). The van der Waals surface area contributed by atoms with E-state index in [0.29, 0.717) is 24.1 Å². The first-order chi connectivity index (χ1) is 11.2. The molecule has 1 aromatic carbocycles. The second kappa shape index (κ2) is 8.51. The van der Waals surface area contributed by atoms with E-state index in [1.165, 1.54) is 11.8 Å². The van der Waals surface area contributed by atoms with Gasteiger partial charge in [-0.3, -0.25) is 4.79 Å². The van der Waals surface area contributed by atoms with Crippen molar-refractivity contribution >= 4 is 11.8 Å². The fraction of sp³-hybridized carbons (Fsp3) is 0.353. The van der Waals surface area contributed by atoms with Crippen molar-refractivity contribution in [2.45, 2.75) is 31.5 Å². The number of thioether (sulfide) groups is 1. The Kier molecular flexibility index (Phi) is 6.39. The Morgan fingerprint density at radius 2 is 2.17 bits per heavy atom. The summed E-state index contributed by atoms with van der Waals surface area (Å²) in [6.07, 6.45) is 3.91. The van der Waals surface area contributed by atoms with Gasteiger partial charge in [0.2, 0.25) is 0 Å². The molecular weight excluding hydrogens is 310 g/mol. The lowest BCUT2D eigenvalue weighted by Gasteiger charge is -2.11. The van der Waals surface area contributed by atoms with Crippen molar-refractivity contribution in [2.24, 2.45) is 0 Å². The molecule has 6 heteroatoms. The summed E-state index contributed by atoms with van der Waals surface area (Å²) >= 11 is 1.33. The van der Waals surface area contributed by atoms with Gasteiger partial charge in [-0.2, -0.15) is 5.26 Å². The predicted octanol–water partition coefficient (Wildman–Crippen LogP) is 3.35. The Morgan fingerprint density at radius 1 is 1.39 bits per heavy atom. The van der Waals surface area contributed by atoms with Crippen molar-refractivity contribution < 1.29 is 4.74 Å². The second-order valence-electron chi connectivity index (χ2n) is 4.97. The third-order valence-corrected chi connectivity index (χ3v) is 3.96. The molecule has 0 unspecified atom stereocenters. The van der Waals surface area contributed by atoms with Crippen LogP contribution >= 0.6 is 11.8 Å². The third kappa shape index (κ3) is 4.21. The van der Waals surface area contributed by atoms with Crippen molar-refractivity contribution in [3.05, 3.63) is 45.7 Å². The molecule has 1 aromatic heterocycles. The van der Waals surface area contributed by atoms with Gasteiger partial charge in [-0.25, -0.2) is 4.98 Å². The highest BCUT2D eigenvalue weighted by molar-refractivity contribution is 7.98. The van der Waals surface area contributed by atoms with Gasteiger partial charge < -0.3 is 9.72 Å². The van der Waals surface area contributed by atoms with Crippen LogP contribution in [0.25, 0.3) is 11.3 Å². The van der Waals surface area contributed by atoms with Gasteiger partial charge in [0.05, 0.1) is 12.3 Å². The lowest BCUT2D eigenvalue weighted by Crippen LogP contribution is -2.15. The summed E-state index contributed by atoms with van der Waals surface area (Å²) in [5.74, 6) is 0. The largest absolute Gasteiger partial charge is 0.377 e. The van der Waals surface area contributed by atoms with Gasteiger partial charge in [0.25, 0.3) is 5.56 Å². The average molecular weight is 329 g/mol. The minimum Gasteiger partial charge on any atom is -0.377 e. The molecule has 0 aliphatic carbocycles. The molecule has 0 bridgehead atoms. The number of hydrogen-bond donors (Lipinski definition) is 1. The zero-order valence-electron chi connectivity index (χ0n) is 13.3. The second-order valence-corrected chi connectivity index (χ2v) is 5.77. The van der Waals surface area contributed by atoms with Gasteiger partial charge in [0.15, 0.2) is 5.16 Å². The van der Waals surface area contributed by atoms with Gasteiger partial charge in [0, 0.05) is 12.2 Å². The molecule has 1 N–H and O–H groups in total. The average Bonchev–Trinajstić information content (AvgIpc) is 2.58. The maximum Gasteiger partial charge on any atom is 0.270 e. The highest BCUT2D eigenvalue weighted by Gasteiger charge is 2.15. The minimum atomic E-state index is -0.413. The molecule has 0 amide bonds. The Bertz CT molecular complexity index is 765. The number of nitrogens with zero attached hydrogens (tertiary/aromatic N) is 2. The summed E-state index contributed by atoms with van der Waals surface area (Å²) in [6, 6.07) is 9.54. The Balaban J connectivity index is 2.44. The Morgan fingerprint density at radius 3 is 2.87 bits per heavy atom. The number of aromatic amines is 1. The van der Waals surface area contributed by atoms with Gasteiger partial charge in [-0.15, -0.1) is 0 Å². The van der Waals surface area contributed by atoms with Crippen molar-refractivity contribution in [2.75, 3.05) is 12.9 Å². The summed E-state index contributed by atoms with van der Waals surface area (Å²) in [6.45, 7) is 3.24. The first-order valence-electron chi connectivity index (χ1n) is 7.45. The van der Waals surface area contributed by atoms with E-state index >= 15 is 0 Å². The van der Waals surface area contributed by atoms with Crippen LogP contribution in [-0.4, -0.2) is 22.8 Å². The number of unbranched alkanes of at least 4 members (excludes halogenated alkanes) is 1. The third-order valence-electron chi connectivity index (χ3n) is 3.38. The number of H-pyrrole nitrogens is 1. The Labute approximate surface area is 139 Å². The molecule has 2 aromatic rings. The normalized spacial score (nSPS) is 10.5. The predicted molar refractivity (Wildman–Crippen MR) is 91.4 cm³/mol. The van der Waals surface area contributed by atoms with E-state index in [2.05, 4.69) is 16.9 Å². The van der Waals surface area contributed by atoms with Crippen molar-refractivity contribution in [1.82, 2.24) is 9.97 Å². The lowest BCUT2D eigenvalue weighted by atomic mass is 10.0. The number of ether oxygens (including phenoxy) is 1. The molecule has 0 aliphatic heterocycles. The van der Waals surface area contributed by atoms with E-state index in [1.54, 1.807) is 0 Å². The molecule has 0 atom stereocenters. The number of nitriles is 1. The van der Waals surface area contributed by atoms with Crippen molar-refractivity contribution in [3.63, 3.8) is 0 Å². The summed E-state index contributed by atoms with van der Waals surface area (Å²) < 4.78 is 5.68. The zero-order chi connectivity index (χ0) is 16.7. The number of hydrogen-bond acceptors (Lipinski definition) is 5. The molecule has 2 rings (SSSR count). The number of aromatic nitrogens is 2. The van der Waals surface area contributed by atoms with E-state index in [1.807, 2.05) is 36.6 Å². The Hall–Kier alpha value is -2.10. The van der Waals surface area contributed by atoms with Crippen LogP contribution in [0.3, 0.4) is 0 Å². The highest BCUT2D eigenvalue weighted by atomic mass is 32.2. The maximum atomic E-state index is 12.1. The molecule has 120 valence electrons. The fourth-order valence-electron chi connectivity index (χ4n) is 2.15. The fourth-order valence-corrected chi connectivity index (χ4v) is 2.53. The summed E-state index contributed by atoms with van der Waals surface area (Å²) in [7, 11) is 0. The first kappa shape index (κ1) is 17.3. The van der Waals surface area contributed by atoms with Crippen LogP contribution in [0.4, 0.5) is 0 Å². The first-order valence-corrected chi connectivity index (χ1v) is 8.68. The molecule has 1 heterocycles. The van der Waals surface area contributed by atoms with Gasteiger partial charge in [0.1, 0.15) is 11.6 Å². The molecular formula is C17H19N3O2S. The smallest absolute Gasteiger partial charge is 0.270 e. The summed E-state index contributed by atoms with van der Waals surface area (Å²) in [5.41, 5.74) is 1.72. The monoisotopic (exact) mass is 329 g/mol. The molecule has 0 saturated carbocycles. The summed E-state index contributed by atoms with van der Waals surface area (Å²) in [5, 5.41) is 9.80.